The van der Waals surface area contributed by atoms with Crippen molar-refractivity contribution in [3.05, 3.63) is 40.4 Å². The molecule has 1 N–H and O–H groups in total. The number of carbonyl (C=O) groups is 2. The number of halogens is 1. The van der Waals surface area contributed by atoms with E-state index in [1.807, 2.05) is 0 Å². The van der Waals surface area contributed by atoms with E-state index in [4.69, 9.17) is 0 Å². The van der Waals surface area contributed by atoms with Crippen LogP contribution in [0.1, 0.15) is 23.2 Å². The van der Waals surface area contributed by atoms with E-state index >= 15 is 0 Å². The number of carbonyl (C=O) groups excluding carboxylic acids is 2. The molecule has 1 heterocycles. The van der Waals surface area contributed by atoms with Gasteiger partial charge >= 0.3 is 0 Å². The van der Waals surface area contributed by atoms with Crippen LogP contribution in [0.2, 0.25) is 0 Å². The van der Waals surface area contributed by atoms with Gasteiger partial charge in [-0.05, 0) is 36.6 Å². The Morgan fingerprint density at radius 1 is 1.40 bits per heavy atom. The number of fused-ring (bicyclic) bond motifs is 1. The lowest BCUT2D eigenvalue weighted by molar-refractivity contribution is -0.114. The molecular weight excluding hydrogens is 320 g/mol. The van der Waals surface area contributed by atoms with Crippen LogP contribution in [0, 0.1) is 0 Å². The zero-order valence-electron chi connectivity index (χ0n) is 11.0. The van der Waals surface area contributed by atoms with Gasteiger partial charge in [0.1, 0.15) is 0 Å². The number of nitrogens with zero attached hydrogens (tertiary/aromatic N) is 1. The molecule has 1 aliphatic carbocycles. The standard InChI is InChI=1S/C15H15BrN2O2/c1-9(7-17-11-3-4-11)8-18-13-6-10(16)2-5-12(13)14(19)15(18)20/h2,5-6,11,17H,1,3-4,7-8H2. The number of anilines is 1. The third-order valence-electron chi connectivity index (χ3n) is 3.53. The average molecular weight is 335 g/mol. The van der Waals surface area contributed by atoms with Gasteiger partial charge in [0.15, 0.2) is 0 Å². The molecule has 0 atom stereocenters. The smallest absolute Gasteiger partial charge is 0.299 e. The highest BCUT2D eigenvalue weighted by molar-refractivity contribution is 9.10. The molecule has 4 nitrogen and oxygen atoms in total. The Balaban J connectivity index is 1.75. The van der Waals surface area contributed by atoms with Gasteiger partial charge in [0.25, 0.3) is 11.7 Å². The second-order valence-corrected chi connectivity index (χ2v) is 6.20. The molecule has 1 aliphatic heterocycles. The minimum atomic E-state index is -0.467. The summed E-state index contributed by atoms with van der Waals surface area (Å²) in [6.07, 6.45) is 2.42. The molecule has 0 aromatic heterocycles. The fourth-order valence-electron chi connectivity index (χ4n) is 2.28. The number of hydrogen-bond acceptors (Lipinski definition) is 3. The topological polar surface area (TPSA) is 49.4 Å². The molecule has 20 heavy (non-hydrogen) atoms. The van der Waals surface area contributed by atoms with Crippen LogP contribution in [0.25, 0.3) is 0 Å². The highest BCUT2D eigenvalue weighted by Gasteiger charge is 2.35. The van der Waals surface area contributed by atoms with Gasteiger partial charge in [-0.2, -0.15) is 0 Å². The van der Waals surface area contributed by atoms with Gasteiger partial charge in [0.2, 0.25) is 0 Å². The summed E-state index contributed by atoms with van der Waals surface area (Å²) in [6.45, 7) is 5.06. The van der Waals surface area contributed by atoms with Crippen LogP contribution in [-0.2, 0) is 4.79 Å². The first-order valence-electron chi connectivity index (χ1n) is 6.62. The van der Waals surface area contributed by atoms with E-state index in [0.29, 0.717) is 30.4 Å². The van der Waals surface area contributed by atoms with Crippen molar-refractivity contribution in [1.82, 2.24) is 5.32 Å². The number of rotatable bonds is 5. The van der Waals surface area contributed by atoms with Crippen LogP contribution in [-0.4, -0.2) is 30.8 Å². The first-order valence-corrected chi connectivity index (χ1v) is 7.41. The van der Waals surface area contributed by atoms with E-state index in [1.165, 1.54) is 17.7 Å². The molecule has 0 spiro atoms. The summed E-state index contributed by atoms with van der Waals surface area (Å²) in [5.41, 5.74) is 2.05. The Morgan fingerprint density at radius 2 is 2.15 bits per heavy atom. The third kappa shape index (κ3) is 2.55. The van der Waals surface area contributed by atoms with Crippen molar-refractivity contribution >= 4 is 33.3 Å². The predicted molar refractivity (Wildman–Crippen MR) is 81.0 cm³/mol. The maximum Gasteiger partial charge on any atom is 0.299 e. The summed E-state index contributed by atoms with van der Waals surface area (Å²) in [7, 11) is 0. The van der Waals surface area contributed by atoms with Gasteiger partial charge in [0.05, 0.1) is 11.3 Å². The summed E-state index contributed by atoms with van der Waals surface area (Å²) >= 11 is 3.37. The molecule has 2 aliphatic rings. The lowest BCUT2D eigenvalue weighted by atomic mass is 10.1. The SMILES string of the molecule is C=C(CNC1CC1)CN1C(=O)C(=O)c2ccc(Br)cc21. The van der Waals surface area contributed by atoms with Gasteiger partial charge in [-0.1, -0.05) is 22.5 Å². The molecule has 1 amide bonds. The summed E-state index contributed by atoms with van der Waals surface area (Å²) in [5.74, 6) is -0.902. The van der Waals surface area contributed by atoms with Crippen molar-refractivity contribution < 1.29 is 9.59 Å². The van der Waals surface area contributed by atoms with Gasteiger partial charge in [-0.3, -0.25) is 9.59 Å². The molecule has 1 fully saturated rings. The van der Waals surface area contributed by atoms with Gasteiger partial charge < -0.3 is 10.2 Å². The Morgan fingerprint density at radius 3 is 2.85 bits per heavy atom. The van der Waals surface area contributed by atoms with Gasteiger partial charge in [0, 0.05) is 23.6 Å². The minimum absolute atomic E-state index is 0.383. The lowest BCUT2D eigenvalue weighted by Crippen LogP contribution is -2.33. The van der Waals surface area contributed by atoms with Crippen molar-refractivity contribution in [3.63, 3.8) is 0 Å². The van der Waals surface area contributed by atoms with Gasteiger partial charge in [-0.25, -0.2) is 0 Å². The predicted octanol–water partition coefficient (Wildman–Crippen LogP) is 2.29. The van der Waals surface area contributed by atoms with Crippen LogP contribution in [0.4, 0.5) is 5.69 Å². The second-order valence-electron chi connectivity index (χ2n) is 5.29. The molecule has 1 aromatic rings. The Labute approximate surface area is 126 Å². The lowest BCUT2D eigenvalue weighted by Gasteiger charge is -2.18. The van der Waals surface area contributed by atoms with E-state index in [0.717, 1.165) is 10.0 Å². The molecule has 0 bridgehead atoms. The van der Waals surface area contributed by atoms with Crippen LogP contribution in [0.3, 0.4) is 0 Å². The van der Waals surface area contributed by atoms with Crippen molar-refractivity contribution in [2.75, 3.05) is 18.0 Å². The van der Waals surface area contributed by atoms with E-state index in [9.17, 15) is 9.59 Å². The number of hydrogen-bond donors (Lipinski definition) is 1. The maximum atomic E-state index is 12.1. The summed E-state index contributed by atoms with van der Waals surface area (Å²) in [4.78, 5) is 25.5. The Bertz CT molecular complexity index is 608. The second kappa shape index (κ2) is 5.14. The average Bonchev–Trinajstić information content (AvgIpc) is 3.21. The quantitative estimate of drug-likeness (QED) is 0.663. The molecule has 0 radical (unpaired) electrons. The van der Waals surface area contributed by atoms with E-state index < -0.39 is 11.7 Å². The van der Waals surface area contributed by atoms with E-state index in [2.05, 4.69) is 27.8 Å². The number of ketones is 1. The third-order valence-corrected chi connectivity index (χ3v) is 4.03. The van der Waals surface area contributed by atoms with Crippen LogP contribution >= 0.6 is 15.9 Å². The molecule has 1 saturated carbocycles. The summed E-state index contributed by atoms with van der Waals surface area (Å²) in [5, 5.41) is 3.36. The summed E-state index contributed by atoms with van der Waals surface area (Å²) < 4.78 is 0.852. The zero-order chi connectivity index (χ0) is 14.3. The molecule has 5 heteroatoms. The monoisotopic (exact) mass is 334 g/mol. The van der Waals surface area contributed by atoms with Crippen molar-refractivity contribution in [2.45, 2.75) is 18.9 Å². The van der Waals surface area contributed by atoms with Crippen molar-refractivity contribution in [3.8, 4) is 0 Å². The fourth-order valence-corrected chi connectivity index (χ4v) is 2.63. The number of amides is 1. The van der Waals surface area contributed by atoms with E-state index in [-0.39, 0.29) is 0 Å². The van der Waals surface area contributed by atoms with Crippen molar-refractivity contribution in [2.24, 2.45) is 0 Å². The Kier molecular flexibility index (Phi) is 3.48. The number of nitrogens with one attached hydrogen (secondary N) is 1. The number of benzene rings is 1. The Hall–Kier alpha value is -1.46. The molecule has 104 valence electrons. The molecule has 0 unspecified atom stereocenters. The molecule has 0 saturated heterocycles. The molecule has 1 aromatic carbocycles. The first kappa shape index (κ1) is 13.5. The highest BCUT2D eigenvalue weighted by atomic mass is 79.9. The zero-order valence-corrected chi connectivity index (χ0v) is 12.6. The summed E-state index contributed by atoms with van der Waals surface area (Å²) in [6, 6.07) is 5.87. The largest absolute Gasteiger partial charge is 0.310 e. The normalized spacial score (nSPS) is 17.6. The first-order chi connectivity index (χ1) is 9.56. The molecule has 3 rings (SSSR count). The van der Waals surface area contributed by atoms with Crippen LogP contribution < -0.4 is 10.2 Å². The molecular formula is C15H15BrN2O2. The highest BCUT2D eigenvalue weighted by Crippen LogP contribution is 2.32. The van der Waals surface area contributed by atoms with Crippen molar-refractivity contribution in [1.29, 1.82) is 0 Å². The van der Waals surface area contributed by atoms with E-state index in [1.54, 1.807) is 18.2 Å². The maximum absolute atomic E-state index is 12.1. The van der Waals surface area contributed by atoms with Crippen LogP contribution in [0.15, 0.2) is 34.8 Å². The minimum Gasteiger partial charge on any atom is -0.310 e. The number of Topliss-reactive ketones (excluding diaryl/α,β-unsaturated/α-hetero) is 1. The van der Waals surface area contributed by atoms with Crippen LogP contribution in [0.5, 0.6) is 0 Å². The fraction of sp³-hybridized carbons (Fsp3) is 0.333. The van der Waals surface area contributed by atoms with Gasteiger partial charge in [-0.15, -0.1) is 0 Å².